The molecule has 0 spiro atoms. The van der Waals surface area contributed by atoms with E-state index in [-0.39, 0.29) is 29.5 Å². The van der Waals surface area contributed by atoms with E-state index in [1.807, 2.05) is 74.7 Å². The Morgan fingerprint density at radius 1 is 1.14 bits per heavy atom. The first-order valence-electron chi connectivity index (χ1n) is 11.3. The van der Waals surface area contributed by atoms with Crippen LogP contribution in [0.5, 0.6) is 0 Å². The Morgan fingerprint density at radius 2 is 1.86 bits per heavy atom. The molecule has 0 saturated carbocycles. The number of benzene rings is 2. The van der Waals surface area contributed by atoms with Gasteiger partial charge in [0.2, 0.25) is 5.91 Å². The van der Waals surface area contributed by atoms with Crippen molar-refractivity contribution in [3.8, 4) is 0 Å². The lowest BCUT2D eigenvalue weighted by atomic mass is 10.0. The summed E-state index contributed by atoms with van der Waals surface area (Å²) in [5.41, 5.74) is 3.46. The van der Waals surface area contributed by atoms with Crippen molar-refractivity contribution in [2.45, 2.75) is 45.4 Å². The Kier molecular flexibility index (Phi) is 9.28. The Bertz CT molecular complexity index is 1210. The molecule has 0 aliphatic rings. The third-order valence-corrected chi connectivity index (χ3v) is 7.23. The number of hydrogen-bond donors (Lipinski definition) is 2. The number of aryl methyl sites for hydroxylation is 2. The van der Waals surface area contributed by atoms with Gasteiger partial charge in [-0.2, -0.15) is 0 Å². The zero-order chi connectivity index (χ0) is 25.5. The van der Waals surface area contributed by atoms with E-state index in [9.17, 15) is 9.59 Å². The summed E-state index contributed by atoms with van der Waals surface area (Å²) in [6.07, 6.45) is 1.75. The average Bonchev–Trinajstić information content (AvgIpc) is 3.21. The van der Waals surface area contributed by atoms with E-state index < -0.39 is 0 Å². The minimum atomic E-state index is -0.356. The first-order chi connectivity index (χ1) is 16.7. The summed E-state index contributed by atoms with van der Waals surface area (Å²) in [7, 11) is 0. The highest BCUT2D eigenvalue weighted by molar-refractivity contribution is 9.10. The Morgan fingerprint density at radius 3 is 2.49 bits per heavy atom. The van der Waals surface area contributed by atoms with Gasteiger partial charge in [-0.25, -0.2) is 0 Å². The van der Waals surface area contributed by atoms with Crippen molar-refractivity contribution in [1.29, 1.82) is 0 Å². The summed E-state index contributed by atoms with van der Waals surface area (Å²) in [5.74, 6) is 0.562. The SMILES string of the molecule is C=CCn1c(SCC(=O)Nc2ccc(Br)c(C)c2)nnc1[C@@H](NC(=O)c1ccc(C)cc1)C(C)C. The standard InChI is InChI=1S/C26H30BrN5O2S/c1-6-13-32-24(23(16(2)3)29-25(34)19-9-7-17(4)8-10-19)30-31-26(32)35-15-22(33)28-20-11-12-21(27)18(5)14-20/h6-12,14,16,23H,1,13,15H2,2-5H3,(H,28,33)(H,29,34)/t23-/m0/s1. The fourth-order valence-corrected chi connectivity index (χ4v) is 4.45. The number of nitrogens with zero attached hydrogens (tertiary/aromatic N) is 3. The summed E-state index contributed by atoms with van der Waals surface area (Å²) in [5, 5.41) is 15.3. The maximum Gasteiger partial charge on any atom is 0.251 e. The number of nitrogens with one attached hydrogen (secondary N) is 2. The fraction of sp³-hybridized carbons (Fsp3) is 0.308. The number of aromatic nitrogens is 3. The zero-order valence-electron chi connectivity index (χ0n) is 20.3. The molecule has 0 aliphatic carbocycles. The van der Waals surface area contributed by atoms with Crippen LogP contribution in [0.3, 0.4) is 0 Å². The molecular formula is C26H30BrN5O2S. The van der Waals surface area contributed by atoms with Gasteiger partial charge in [-0.3, -0.25) is 9.59 Å². The molecule has 0 aliphatic heterocycles. The highest BCUT2D eigenvalue weighted by Gasteiger charge is 2.26. The molecule has 2 N–H and O–H groups in total. The smallest absolute Gasteiger partial charge is 0.251 e. The van der Waals surface area contributed by atoms with Crippen LogP contribution in [0.15, 0.2) is 64.7 Å². The second kappa shape index (κ2) is 12.2. The van der Waals surface area contributed by atoms with Crippen molar-refractivity contribution in [2.75, 3.05) is 11.1 Å². The number of carbonyl (C=O) groups excluding carboxylic acids is 2. The third kappa shape index (κ3) is 7.05. The molecule has 35 heavy (non-hydrogen) atoms. The second-order valence-corrected chi connectivity index (χ2v) is 10.4. The van der Waals surface area contributed by atoms with Crippen LogP contribution >= 0.6 is 27.7 Å². The summed E-state index contributed by atoms with van der Waals surface area (Å²) in [6, 6.07) is 12.8. The van der Waals surface area contributed by atoms with Crippen LogP contribution in [-0.2, 0) is 11.3 Å². The molecule has 2 amide bonds. The average molecular weight is 557 g/mol. The molecule has 3 rings (SSSR count). The fourth-order valence-electron chi connectivity index (χ4n) is 3.45. The van der Waals surface area contributed by atoms with Crippen molar-refractivity contribution in [2.24, 2.45) is 5.92 Å². The number of carbonyl (C=O) groups is 2. The van der Waals surface area contributed by atoms with Gasteiger partial charge < -0.3 is 15.2 Å². The van der Waals surface area contributed by atoms with Crippen LogP contribution in [0, 0.1) is 19.8 Å². The van der Waals surface area contributed by atoms with Gasteiger partial charge >= 0.3 is 0 Å². The van der Waals surface area contributed by atoms with E-state index in [1.54, 1.807) is 6.08 Å². The van der Waals surface area contributed by atoms with Gasteiger partial charge in [0.1, 0.15) is 0 Å². The van der Waals surface area contributed by atoms with Crippen LogP contribution in [-0.4, -0.2) is 32.3 Å². The maximum absolute atomic E-state index is 12.9. The van der Waals surface area contributed by atoms with Gasteiger partial charge in [0.25, 0.3) is 5.91 Å². The lowest BCUT2D eigenvalue weighted by Crippen LogP contribution is -2.33. The quantitative estimate of drug-likeness (QED) is 0.247. The van der Waals surface area contributed by atoms with Gasteiger partial charge in [-0.1, -0.05) is 65.3 Å². The number of allylic oxidation sites excluding steroid dienone is 1. The van der Waals surface area contributed by atoms with Gasteiger partial charge in [0.05, 0.1) is 11.8 Å². The van der Waals surface area contributed by atoms with E-state index in [1.165, 1.54) is 11.8 Å². The lowest BCUT2D eigenvalue weighted by Gasteiger charge is -2.22. The largest absolute Gasteiger partial charge is 0.342 e. The molecule has 0 radical (unpaired) electrons. The molecule has 0 fully saturated rings. The summed E-state index contributed by atoms with van der Waals surface area (Å²) in [6.45, 7) is 12.3. The molecule has 3 aromatic rings. The summed E-state index contributed by atoms with van der Waals surface area (Å²) >= 11 is 4.76. The molecule has 1 aromatic heterocycles. The third-order valence-electron chi connectivity index (χ3n) is 5.38. The first-order valence-corrected chi connectivity index (χ1v) is 13.1. The monoisotopic (exact) mass is 555 g/mol. The molecule has 9 heteroatoms. The van der Waals surface area contributed by atoms with Crippen LogP contribution in [0.4, 0.5) is 5.69 Å². The normalized spacial score (nSPS) is 11.8. The second-order valence-electron chi connectivity index (χ2n) is 8.60. The molecule has 1 atom stereocenters. The van der Waals surface area contributed by atoms with Crippen LogP contribution in [0.1, 0.15) is 47.2 Å². The van der Waals surface area contributed by atoms with Gasteiger partial charge in [0.15, 0.2) is 11.0 Å². The first kappa shape index (κ1) is 26.7. The van der Waals surface area contributed by atoms with E-state index in [0.29, 0.717) is 23.1 Å². The number of halogens is 1. The van der Waals surface area contributed by atoms with Crippen LogP contribution in [0.25, 0.3) is 0 Å². The molecule has 0 unspecified atom stereocenters. The number of hydrogen-bond acceptors (Lipinski definition) is 5. The molecular weight excluding hydrogens is 526 g/mol. The van der Waals surface area contributed by atoms with Gasteiger partial charge in [-0.05, 0) is 55.7 Å². The van der Waals surface area contributed by atoms with E-state index in [2.05, 4.69) is 43.3 Å². The van der Waals surface area contributed by atoms with E-state index >= 15 is 0 Å². The van der Waals surface area contributed by atoms with E-state index in [0.717, 1.165) is 21.3 Å². The predicted molar refractivity (Wildman–Crippen MR) is 145 cm³/mol. The van der Waals surface area contributed by atoms with Crippen molar-refractivity contribution < 1.29 is 9.59 Å². The van der Waals surface area contributed by atoms with Crippen molar-refractivity contribution >= 4 is 45.2 Å². The maximum atomic E-state index is 12.9. The van der Waals surface area contributed by atoms with Gasteiger partial charge in [-0.15, -0.1) is 16.8 Å². The minimum Gasteiger partial charge on any atom is -0.342 e. The Balaban J connectivity index is 1.74. The Hall–Kier alpha value is -2.91. The van der Waals surface area contributed by atoms with Crippen LogP contribution in [0.2, 0.25) is 0 Å². The predicted octanol–water partition coefficient (Wildman–Crippen LogP) is 5.70. The molecule has 7 nitrogen and oxygen atoms in total. The topological polar surface area (TPSA) is 88.9 Å². The van der Waals surface area contributed by atoms with E-state index in [4.69, 9.17) is 0 Å². The number of amides is 2. The number of rotatable bonds is 10. The van der Waals surface area contributed by atoms with Crippen LogP contribution < -0.4 is 10.6 Å². The zero-order valence-corrected chi connectivity index (χ0v) is 22.7. The van der Waals surface area contributed by atoms with Crippen molar-refractivity contribution in [3.63, 3.8) is 0 Å². The Labute approximate surface area is 218 Å². The van der Waals surface area contributed by atoms with Gasteiger partial charge in [0, 0.05) is 22.3 Å². The molecule has 0 saturated heterocycles. The molecule has 0 bridgehead atoms. The summed E-state index contributed by atoms with van der Waals surface area (Å²) in [4.78, 5) is 25.5. The van der Waals surface area contributed by atoms with Crippen molar-refractivity contribution in [1.82, 2.24) is 20.1 Å². The minimum absolute atomic E-state index is 0.0685. The lowest BCUT2D eigenvalue weighted by molar-refractivity contribution is -0.113. The molecule has 184 valence electrons. The highest BCUT2D eigenvalue weighted by Crippen LogP contribution is 2.26. The van der Waals surface area contributed by atoms with Crippen molar-refractivity contribution in [3.05, 3.63) is 82.1 Å². The highest BCUT2D eigenvalue weighted by atomic mass is 79.9. The molecule has 2 aromatic carbocycles. The summed E-state index contributed by atoms with van der Waals surface area (Å²) < 4.78 is 2.89. The molecule has 1 heterocycles. The number of anilines is 1. The number of thioether (sulfide) groups is 1.